The number of rotatable bonds is 9. The van der Waals surface area contributed by atoms with Crippen LogP contribution < -0.4 is 16.2 Å². The van der Waals surface area contributed by atoms with Crippen LogP contribution in [-0.2, 0) is 22.5 Å². The van der Waals surface area contributed by atoms with Gasteiger partial charge in [-0.25, -0.2) is 4.98 Å². The predicted molar refractivity (Wildman–Crippen MR) is 118 cm³/mol. The number of nitrogens with one attached hydrogen (secondary N) is 3. The maximum Gasteiger partial charge on any atom is 0.294 e. The van der Waals surface area contributed by atoms with Crippen LogP contribution in [0.4, 0.5) is 5.82 Å². The zero-order valence-corrected chi connectivity index (χ0v) is 18.0. The van der Waals surface area contributed by atoms with Crippen LogP contribution in [0, 0.1) is 0 Å². The summed E-state index contributed by atoms with van der Waals surface area (Å²) in [7, 11) is 1.65. The molecule has 0 fully saturated rings. The van der Waals surface area contributed by atoms with Crippen molar-refractivity contribution >= 4 is 34.2 Å². The molecule has 31 heavy (non-hydrogen) atoms. The Morgan fingerprint density at radius 2 is 2.29 bits per heavy atom. The average molecular weight is 445 g/mol. The van der Waals surface area contributed by atoms with Gasteiger partial charge in [-0.1, -0.05) is 11.6 Å². The van der Waals surface area contributed by atoms with Crippen LogP contribution in [0.25, 0.3) is 10.9 Å². The molecule has 1 amide bonds. The Bertz CT molecular complexity index is 1110. The number of carbonyl (C=O) groups is 1. The fourth-order valence-electron chi connectivity index (χ4n) is 3.87. The third-order valence-electron chi connectivity index (χ3n) is 5.43. The van der Waals surface area contributed by atoms with E-state index in [4.69, 9.17) is 16.3 Å². The van der Waals surface area contributed by atoms with Crippen molar-refractivity contribution in [1.82, 2.24) is 24.8 Å². The topological polar surface area (TPSA) is 114 Å². The fourth-order valence-corrected chi connectivity index (χ4v) is 4.14. The number of halogens is 1. The summed E-state index contributed by atoms with van der Waals surface area (Å²) in [6.45, 7) is 1.57. The minimum atomic E-state index is -0.608. The summed E-state index contributed by atoms with van der Waals surface area (Å²) >= 11 is 6.32. The molecule has 0 spiro atoms. The van der Waals surface area contributed by atoms with E-state index in [2.05, 4.69) is 25.6 Å². The molecule has 10 heteroatoms. The molecule has 164 valence electrons. The molecule has 4 rings (SSSR count). The van der Waals surface area contributed by atoms with Crippen LogP contribution in [-0.4, -0.2) is 45.7 Å². The highest BCUT2D eigenvalue weighted by atomic mass is 35.5. The van der Waals surface area contributed by atoms with Gasteiger partial charge in [-0.2, -0.15) is 0 Å². The van der Waals surface area contributed by atoms with Gasteiger partial charge in [-0.15, -0.1) is 0 Å². The third-order valence-corrected chi connectivity index (χ3v) is 5.73. The van der Waals surface area contributed by atoms with E-state index in [1.54, 1.807) is 19.5 Å². The Balaban J connectivity index is 1.46. The molecule has 3 N–H and O–H groups in total. The summed E-state index contributed by atoms with van der Waals surface area (Å²) in [6.07, 6.45) is 6.23. The zero-order chi connectivity index (χ0) is 21.8. The first kappa shape index (κ1) is 21.3. The van der Waals surface area contributed by atoms with Gasteiger partial charge in [0.05, 0.1) is 12.2 Å². The van der Waals surface area contributed by atoms with E-state index in [9.17, 15) is 9.59 Å². The molecular formula is C21H25ClN6O3. The first-order valence-corrected chi connectivity index (χ1v) is 10.7. The Labute approximate surface area is 184 Å². The largest absolute Gasteiger partial charge is 0.385 e. The highest BCUT2D eigenvalue weighted by Gasteiger charge is 2.32. The molecule has 0 aromatic carbocycles. The Kier molecular flexibility index (Phi) is 6.53. The first-order valence-electron chi connectivity index (χ1n) is 10.3. The highest BCUT2D eigenvalue weighted by Crippen LogP contribution is 2.29. The molecule has 9 nitrogen and oxygen atoms in total. The van der Waals surface area contributed by atoms with Crippen molar-refractivity contribution in [3.8, 4) is 0 Å². The van der Waals surface area contributed by atoms with E-state index in [1.165, 1.54) is 4.57 Å². The molecule has 4 heterocycles. The maximum atomic E-state index is 13.0. The molecule has 3 aromatic heterocycles. The van der Waals surface area contributed by atoms with Gasteiger partial charge in [0, 0.05) is 49.3 Å². The first-order chi connectivity index (χ1) is 15.1. The monoisotopic (exact) mass is 444 g/mol. The number of ether oxygens (including phenoxy) is 1. The second-order valence-corrected chi connectivity index (χ2v) is 7.89. The molecule has 0 saturated heterocycles. The lowest BCUT2D eigenvalue weighted by atomic mass is 10.2. The van der Waals surface area contributed by atoms with Crippen molar-refractivity contribution in [3.05, 3.63) is 51.4 Å². The van der Waals surface area contributed by atoms with Crippen molar-refractivity contribution in [2.75, 3.05) is 25.6 Å². The minimum Gasteiger partial charge on any atom is -0.385 e. The van der Waals surface area contributed by atoms with Crippen molar-refractivity contribution in [2.45, 2.75) is 38.3 Å². The van der Waals surface area contributed by atoms with Crippen molar-refractivity contribution in [3.63, 3.8) is 0 Å². The number of hydrogen-bond donors (Lipinski definition) is 3. The number of hydrogen-bond acceptors (Lipinski definition) is 6. The van der Waals surface area contributed by atoms with E-state index in [-0.39, 0.29) is 22.4 Å². The normalized spacial score (nSPS) is 15.2. The number of pyridine rings is 1. The summed E-state index contributed by atoms with van der Waals surface area (Å²) in [6, 6.07) is 3.22. The number of aromatic amines is 1. The van der Waals surface area contributed by atoms with Crippen LogP contribution in [0.1, 0.15) is 36.7 Å². The number of anilines is 1. The Morgan fingerprint density at radius 3 is 3.10 bits per heavy atom. The van der Waals surface area contributed by atoms with Gasteiger partial charge in [0.15, 0.2) is 11.0 Å². The van der Waals surface area contributed by atoms with Gasteiger partial charge >= 0.3 is 0 Å². The summed E-state index contributed by atoms with van der Waals surface area (Å²) < 4.78 is 6.51. The van der Waals surface area contributed by atoms with Crippen LogP contribution in [0.2, 0.25) is 5.15 Å². The average Bonchev–Trinajstić information content (AvgIpc) is 3.40. The number of nitrogens with zero attached hydrogens (tertiary/aromatic N) is 3. The standard InChI is InChI=1S/C21H25ClN6O3/c1-31-9-3-2-7-24-19-21(30)28-16(18(22)27-19)4-5-17(28)20(29)25-12-14-10-13-11-23-8-6-15(13)26-14/h6,8,10-11,17,26H,2-5,7,9,12H2,1H3,(H,24,27)(H,25,29)/t17-/m0/s1. The number of carbonyl (C=O) groups excluding carboxylic acids is 1. The Hall–Kier alpha value is -2.91. The Morgan fingerprint density at radius 1 is 1.42 bits per heavy atom. The van der Waals surface area contributed by atoms with E-state index in [1.807, 2.05) is 12.1 Å². The van der Waals surface area contributed by atoms with Crippen molar-refractivity contribution in [2.24, 2.45) is 0 Å². The quantitative estimate of drug-likeness (QED) is 0.437. The second kappa shape index (κ2) is 9.49. The third kappa shape index (κ3) is 4.57. The van der Waals surface area contributed by atoms with E-state index < -0.39 is 6.04 Å². The van der Waals surface area contributed by atoms with Crippen LogP contribution in [0.5, 0.6) is 0 Å². The molecule has 3 aromatic rings. The van der Waals surface area contributed by atoms with Crippen LogP contribution >= 0.6 is 11.6 Å². The van der Waals surface area contributed by atoms with E-state index >= 15 is 0 Å². The molecule has 1 aliphatic rings. The maximum absolute atomic E-state index is 13.0. The van der Waals surface area contributed by atoms with Gasteiger partial charge < -0.3 is 20.4 Å². The van der Waals surface area contributed by atoms with Gasteiger partial charge in [0.2, 0.25) is 5.91 Å². The molecule has 0 saturated carbocycles. The van der Waals surface area contributed by atoms with E-state index in [0.29, 0.717) is 38.2 Å². The van der Waals surface area contributed by atoms with Crippen molar-refractivity contribution in [1.29, 1.82) is 0 Å². The molecule has 0 radical (unpaired) electrons. The number of H-pyrrole nitrogens is 1. The van der Waals surface area contributed by atoms with Crippen LogP contribution in [0.15, 0.2) is 29.3 Å². The molecule has 1 atom stereocenters. The molecule has 0 unspecified atom stereocenters. The van der Waals surface area contributed by atoms with Gasteiger partial charge in [-0.3, -0.25) is 19.1 Å². The van der Waals surface area contributed by atoms with Crippen LogP contribution in [0.3, 0.4) is 0 Å². The van der Waals surface area contributed by atoms with Crippen molar-refractivity contribution < 1.29 is 9.53 Å². The SMILES string of the molecule is COCCCCNc1nc(Cl)c2n(c1=O)[C@H](C(=O)NCc1cc3cnccc3[nH]1)CC2. The number of aromatic nitrogens is 4. The fraction of sp³-hybridized carbons (Fsp3) is 0.429. The summed E-state index contributed by atoms with van der Waals surface area (Å²) in [5, 5.41) is 7.22. The lowest BCUT2D eigenvalue weighted by molar-refractivity contribution is -0.124. The molecule has 1 aliphatic heterocycles. The van der Waals surface area contributed by atoms with Gasteiger partial charge in [0.25, 0.3) is 5.56 Å². The number of amides is 1. The smallest absolute Gasteiger partial charge is 0.294 e. The second-order valence-electron chi connectivity index (χ2n) is 7.53. The van der Waals surface area contributed by atoms with E-state index in [0.717, 1.165) is 29.4 Å². The molecule has 0 aliphatic carbocycles. The molecule has 0 bridgehead atoms. The predicted octanol–water partition coefficient (Wildman–Crippen LogP) is 2.42. The zero-order valence-electron chi connectivity index (χ0n) is 17.3. The number of fused-ring (bicyclic) bond motifs is 2. The molecular weight excluding hydrogens is 420 g/mol. The van der Waals surface area contributed by atoms with Gasteiger partial charge in [-0.05, 0) is 37.8 Å². The minimum absolute atomic E-state index is 0.175. The lowest BCUT2D eigenvalue weighted by Crippen LogP contribution is -2.36. The number of unbranched alkanes of at least 4 members (excludes halogenated alkanes) is 1. The van der Waals surface area contributed by atoms with Gasteiger partial charge in [0.1, 0.15) is 6.04 Å². The lowest BCUT2D eigenvalue weighted by Gasteiger charge is -2.16. The summed E-state index contributed by atoms with van der Waals surface area (Å²) in [5.41, 5.74) is 2.11. The summed E-state index contributed by atoms with van der Waals surface area (Å²) in [4.78, 5) is 37.5. The summed E-state index contributed by atoms with van der Waals surface area (Å²) in [5.74, 6) is -0.0417. The number of methoxy groups -OCH3 is 1. The highest BCUT2D eigenvalue weighted by molar-refractivity contribution is 6.30.